The number of hydrogen-bond acceptors (Lipinski definition) is 3. The second-order valence-corrected chi connectivity index (χ2v) is 7.05. The molecule has 0 unspecified atom stereocenters. The number of rotatable bonds is 5. The van der Waals surface area contributed by atoms with Crippen molar-refractivity contribution >= 4 is 17.4 Å². The second-order valence-electron chi connectivity index (χ2n) is 6.64. The molecule has 4 rings (SSSR count). The lowest BCUT2D eigenvalue weighted by atomic mass is 9.96. The third-order valence-electron chi connectivity index (χ3n) is 4.60. The fourth-order valence-electron chi connectivity index (χ4n) is 3.27. The van der Waals surface area contributed by atoms with Gasteiger partial charge in [0.2, 0.25) is 0 Å². The molecule has 28 heavy (non-hydrogen) atoms. The summed E-state index contributed by atoms with van der Waals surface area (Å²) in [5, 5.41) is 4.05. The summed E-state index contributed by atoms with van der Waals surface area (Å²) in [4.78, 5) is 4.58. The standard InChI is InChI=1S/C23H20ClFN2O/c24-21-7-2-5-17(15-22-26-12-3-13-27-22)23(21)16-4-1-6-20(14-16)28-19-10-8-18(25)9-11-19/h1-2,4-11,14H,3,12-13,15H2,(H,26,27). The molecule has 0 spiro atoms. The van der Waals surface area contributed by atoms with E-state index in [1.165, 1.54) is 12.1 Å². The first kappa shape index (κ1) is 18.5. The van der Waals surface area contributed by atoms with Crippen molar-refractivity contribution in [1.29, 1.82) is 0 Å². The molecule has 0 saturated heterocycles. The maximum Gasteiger partial charge on any atom is 0.128 e. The molecule has 5 heteroatoms. The van der Waals surface area contributed by atoms with Crippen LogP contribution in [0.5, 0.6) is 11.5 Å². The topological polar surface area (TPSA) is 33.6 Å². The number of hydrogen-bond donors (Lipinski definition) is 1. The summed E-state index contributed by atoms with van der Waals surface area (Å²) in [5.41, 5.74) is 3.06. The largest absolute Gasteiger partial charge is 0.457 e. The molecule has 1 aliphatic heterocycles. The molecule has 3 aromatic carbocycles. The van der Waals surface area contributed by atoms with Gasteiger partial charge in [-0.15, -0.1) is 0 Å². The number of amidine groups is 1. The van der Waals surface area contributed by atoms with Gasteiger partial charge in [-0.2, -0.15) is 0 Å². The van der Waals surface area contributed by atoms with Crippen molar-refractivity contribution in [2.45, 2.75) is 12.8 Å². The Hall–Kier alpha value is -2.85. The smallest absolute Gasteiger partial charge is 0.128 e. The Morgan fingerprint density at radius 3 is 2.61 bits per heavy atom. The predicted molar refractivity (Wildman–Crippen MR) is 112 cm³/mol. The van der Waals surface area contributed by atoms with E-state index in [0.29, 0.717) is 22.9 Å². The molecule has 0 radical (unpaired) electrons. The Morgan fingerprint density at radius 2 is 1.82 bits per heavy atom. The van der Waals surface area contributed by atoms with E-state index < -0.39 is 0 Å². The third-order valence-corrected chi connectivity index (χ3v) is 4.91. The van der Waals surface area contributed by atoms with Crippen LogP contribution in [-0.4, -0.2) is 18.9 Å². The van der Waals surface area contributed by atoms with Crippen molar-refractivity contribution < 1.29 is 9.13 Å². The molecule has 0 bridgehead atoms. The average Bonchev–Trinajstić information content (AvgIpc) is 2.71. The van der Waals surface area contributed by atoms with Crippen molar-refractivity contribution in [3.63, 3.8) is 0 Å². The minimum Gasteiger partial charge on any atom is -0.457 e. The molecule has 1 aliphatic rings. The molecule has 0 aliphatic carbocycles. The Labute approximate surface area is 168 Å². The van der Waals surface area contributed by atoms with Crippen LogP contribution in [0.2, 0.25) is 5.02 Å². The van der Waals surface area contributed by atoms with Crippen LogP contribution in [0.25, 0.3) is 11.1 Å². The highest BCUT2D eigenvalue weighted by Crippen LogP contribution is 2.34. The van der Waals surface area contributed by atoms with Gasteiger partial charge in [-0.05, 0) is 60.0 Å². The molecule has 1 N–H and O–H groups in total. The highest BCUT2D eigenvalue weighted by atomic mass is 35.5. The summed E-state index contributed by atoms with van der Waals surface area (Å²) in [7, 11) is 0. The fraction of sp³-hybridized carbons (Fsp3) is 0.174. The van der Waals surface area contributed by atoms with Crippen LogP contribution in [0, 0.1) is 5.82 Å². The molecule has 0 fully saturated rings. The third kappa shape index (κ3) is 4.34. The lowest BCUT2D eigenvalue weighted by molar-refractivity contribution is 0.481. The lowest BCUT2D eigenvalue weighted by Crippen LogP contribution is -2.31. The Morgan fingerprint density at radius 1 is 1.00 bits per heavy atom. The first-order chi connectivity index (χ1) is 13.7. The highest BCUT2D eigenvalue weighted by molar-refractivity contribution is 6.33. The summed E-state index contributed by atoms with van der Waals surface area (Å²) in [6.07, 6.45) is 1.77. The Bertz CT molecular complexity index is 1000. The van der Waals surface area contributed by atoms with Gasteiger partial charge in [0.15, 0.2) is 0 Å². The minimum absolute atomic E-state index is 0.291. The van der Waals surface area contributed by atoms with Crippen molar-refractivity contribution in [2.75, 3.05) is 13.1 Å². The molecule has 3 nitrogen and oxygen atoms in total. The zero-order valence-electron chi connectivity index (χ0n) is 15.3. The Kier molecular flexibility index (Phi) is 5.58. The van der Waals surface area contributed by atoms with E-state index in [1.54, 1.807) is 12.1 Å². The second kappa shape index (κ2) is 8.44. The summed E-state index contributed by atoms with van der Waals surface area (Å²) in [5.74, 6) is 1.95. The van der Waals surface area contributed by atoms with Crippen LogP contribution in [0.4, 0.5) is 4.39 Å². The van der Waals surface area contributed by atoms with E-state index in [9.17, 15) is 4.39 Å². The van der Waals surface area contributed by atoms with Crippen LogP contribution in [0.3, 0.4) is 0 Å². The van der Waals surface area contributed by atoms with E-state index in [4.69, 9.17) is 16.3 Å². The van der Waals surface area contributed by atoms with E-state index in [0.717, 1.165) is 42.0 Å². The first-order valence-electron chi connectivity index (χ1n) is 9.27. The molecule has 1 heterocycles. The number of benzene rings is 3. The maximum atomic E-state index is 13.1. The molecule has 0 atom stereocenters. The SMILES string of the molecule is Fc1ccc(Oc2cccc(-c3c(Cl)cccc3CC3=NCCCN3)c2)cc1. The lowest BCUT2D eigenvalue weighted by Gasteiger charge is -2.17. The van der Waals surface area contributed by atoms with Crippen LogP contribution in [0.1, 0.15) is 12.0 Å². The van der Waals surface area contributed by atoms with Crippen LogP contribution < -0.4 is 10.1 Å². The quantitative estimate of drug-likeness (QED) is 0.586. The monoisotopic (exact) mass is 394 g/mol. The number of halogens is 2. The van der Waals surface area contributed by atoms with E-state index in [2.05, 4.69) is 16.4 Å². The summed E-state index contributed by atoms with van der Waals surface area (Å²) in [6.45, 7) is 1.81. The van der Waals surface area contributed by atoms with E-state index >= 15 is 0 Å². The van der Waals surface area contributed by atoms with Gasteiger partial charge < -0.3 is 10.1 Å². The number of nitrogens with zero attached hydrogens (tertiary/aromatic N) is 1. The first-order valence-corrected chi connectivity index (χ1v) is 9.65. The van der Waals surface area contributed by atoms with Gasteiger partial charge in [0.25, 0.3) is 0 Å². The van der Waals surface area contributed by atoms with Gasteiger partial charge in [-0.1, -0.05) is 35.9 Å². The molecule has 0 aromatic heterocycles. The van der Waals surface area contributed by atoms with Crippen molar-refractivity contribution in [3.05, 3.63) is 83.1 Å². The minimum atomic E-state index is -0.291. The molecule has 142 valence electrons. The maximum absolute atomic E-state index is 13.1. The summed E-state index contributed by atoms with van der Waals surface area (Å²) < 4.78 is 19.0. The zero-order chi connectivity index (χ0) is 19.3. The van der Waals surface area contributed by atoms with Crippen molar-refractivity contribution in [2.24, 2.45) is 4.99 Å². The van der Waals surface area contributed by atoms with Gasteiger partial charge in [-0.3, -0.25) is 4.99 Å². The van der Waals surface area contributed by atoms with Crippen LogP contribution >= 0.6 is 11.6 Å². The number of nitrogens with one attached hydrogen (secondary N) is 1. The van der Waals surface area contributed by atoms with Crippen LogP contribution in [0.15, 0.2) is 71.7 Å². The van der Waals surface area contributed by atoms with Gasteiger partial charge in [0.1, 0.15) is 23.2 Å². The van der Waals surface area contributed by atoms with Gasteiger partial charge in [-0.25, -0.2) is 4.39 Å². The van der Waals surface area contributed by atoms with Gasteiger partial charge >= 0.3 is 0 Å². The molecular formula is C23H20ClFN2O. The highest BCUT2D eigenvalue weighted by Gasteiger charge is 2.14. The molecule has 3 aromatic rings. The van der Waals surface area contributed by atoms with Crippen molar-refractivity contribution in [1.82, 2.24) is 5.32 Å². The Balaban J connectivity index is 1.65. The van der Waals surface area contributed by atoms with Gasteiger partial charge in [0, 0.05) is 30.1 Å². The van der Waals surface area contributed by atoms with Crippen LogP contribution in [-0.2, 0) is 6.42 Å². The molecule has 0 saturated carbocycles. The molecular weight excluding hydrogens is 375 g/mol. The predicted octanol–water partition coefficient (Wildman–Crippen LogP) is 5.87. The molecule has 0 amide bonds. The normalized spacial score (nSPS) is 13.6. The fourth-order valence-corrected chi connectivity index (χ4v) is 3.58. The van der Waals surface area contributed by atoms with E-state index in [1.807, 2.05) is 36.4 Å². The van der Waals surface area contributed by atoms with Crippen molar-refractivity contribution in [3.8, 4) is 22.6 Å². The number of ether oxygens (including phenoxy) is 1. The number of aliphatic imine (C=N–C) groups is 1. The average molecular weight is 395 g/mol. The summed E-state index contributed by atoms with van der Waals surface area (Å²) in [6, 6.07) is 19.7. The zero-order valence-corrected chi connectivity index (χ0v) is 16.0. The van der Waals surface area contributed by atoms with E-state index in [-0.39, 0.29) is 5.82 Å². The summed E-state index contributed by atoms with van der Waals surface area (Å²) >= 11 is 6.57. The van der Waals surface area contributed by atoms with Gasteiger partial charge in [0.05, 0.1) is 0 Å².